The predicted octanol–water partition coefficient (Wildman–Crippen LogP) is 2.06. The predicted molar refractivity (Wildman–Crippen MR) is 98.4 cm³/mol. The molecule has 0 saturated heterocycles. The Morgan fingerprint density at radius 3 is 2.64 bits per heavy atom. The fourth-order valence-corrected chi connectivity index (χ4v) is 2.00. The lowest BCUT2D eigenvalue weighted by Crippen LogP contribution is -2.43. The minimum absolute atomic E-state index is 0.00792. The van der Waals surface area contributed by atoms with E-state index in [4.69, 9.17) is 4.74 Å². The summed E-state index contributed by atoms with van der Waals surface area (Å²) in [6.45, 7) is 6.77. The molecule has 7 heteroatoms. The van der Waals surface area contributed by atoms with Crippen molar-refractivity contribution in [3.63, 3.8) is 0 Å². The number of amides is 1. The van der Waals surface area contributed by atoms with Crippen molar-refractivity contribution < 1.29 is 13.9 Å². The molecule has 0 bridgehead atoms. The van der Waals surface area contributed by atoms with E-state index in [1.807, 2.05) is 20.8 Å². The number of hydrogen-bond acceptors (Lipinski definition) is 3. The lowest BCUT2D eigenvalue weighted by atomic mass is 10.2. The molecule has 6 nitrogen and oxygen atoms in total. The maximum absolute atomic E-state index is 13.6. The van der Waals surface area contributed by atoms with Crippen LogP contribution in [-0.2, 0) is 4.79 Å². The number of nitrogens with zero attached hydrogens (tertiary/aromatic N) is 1. The van der Waals surface area contributed by atoms with Crippen LogP contribution < -0.4 is 20.7 Å². The Labute approximate surface area is 149 Å². The molecule has 0 fully saturated rings. The summed E-state index contributed by atoms with van der Waals surface area (Å²) in [6.07, 6.45) is 1.03. The molecule has 25 heavy (non-hydrogen) atoms. The Bertz CT molecular complexity index is 566. The zero-order valence-electron chi connectivity index (χ0n) is 15.4. The second kappa shape index (κ2) is 11.3. The van der Waals surface area contributed by atoms with Gasteiger partial charge in [0.15, 0.2) is 17.5 Å². The first-order valence-corrected chi connectivity index (χ1v) is 8.61. The number of nitrogens with one attached hydrogen (secondary N) is 3. The largest absolute Gasteiger partial charge is 0.486 e. The molecule has 0 aliphatic rings. The van der Waals surface area contributed by atoms with Crippen molar-refractivity contribution in [2.24, 2.45) is 4.99 Å². The van der Waals surface area contributed by atoms with E-state index < -0.39 is 0 Å². The van der Waals surface area contributed by atoms with Crippen LogP contribution in [0.25, 0.3) is 0 Å². The first-order chi connectivity index (χ1) is 12.0. The van der Waals surface area contributed by atoms with Crippen molar-refractivity contribution in [1.82, 2.24) is 16.0 Å². The van der Waals surface area contributed by atoms with Gasteiger partial charge in [0, 0.05) is 26.1 Å². The number of hydrogen-bond donors (Lipinski definition) is 3. The summed E-state index contributed by atoms with van der Waals surface area (Å²) in [5.41, 5.74) is 0. The Morgan fingerprint density at radius 2 is 2.00 bits per heavy atom. The van der Waals surface area contributed by atoms with Crippen molar-refractivity contribution in [2.45, 2.75) is 45.8 Å². The second-order valence-corrected chi connectivity index (χ2v) is 5.87. The topological polar surface area (TPSA) is 74.8 Å². The molecule has 3 N–H and O–H groups in total. The third-order valence-corrected chi connectivity index (χ3v) is 3.61. The number of carbonyl (C=O) groups is 1. The van der Waals surface area contributed by atoms with E-state index in [9.17, 15) is 9.18 Å². The fraction of sp³-hybridized carbons (Fsp3) is 0.556. The van der Waals surface area contributed by atoms with Crippen LogP contribution in [0.3, 0.4) is 0 Å². The average molecular weight is 352 g/mol. The molecule has 2 unspecified atom stereocenters. The highest BCUT2D eigenvalue weighted by Gasteiger charge is 2.09. The lowest BCUT2D eigenvalue weighted by molar-refractivity contribution is -0.121. The van der Waals surface area contributed by atoms with Gasteiger partial charge >= 0.3 is 0 Å². The molecule has 0 aliphatic carbocycles. The molecule has 0 saturated carbocycles. The maximum Gasteiger partial charge on any atom is 0.221 e. The molecular formula is C18H29FN4O2. The summed E-state index contributed by atoms with van der Waals surface area (Å²) in [4.78, 5) is 15.8. The molecule has 0 heterocycles. The third-order valence-electron chi connectivity index (χ3n) is 3.61. The summed E-state index contributed by atoms with van der Waals surface area (Å²) in [5.74, 6) is 0.416. The SMILES string of the molecule is CCC(C)NC(=O)CCNC(=NC)NCC(C)Oc1ccccc1F. The van der Waals surface area contributed by atoms with Crippen LogP contribution >= 0.6 is 0 Å². The van der Waals surface area contributed by atoms with Crippen LogP contribution in [0.1, 0.15) is 33.6 Å². The van der Waals surface area contributed by atoms with Crippen LogP contribution in [-0.4, -0.2) is 44.1 Å². The molecule has 2 atom stereocenters. The molecule has 140 valence electrons. The zero-order chi connectivity index (χ0) is 18.7. The van der Waals surface area contributed by atoms with Gasteiger partial charge in [-0.15, -0.1) is 0 Å². The Morgan fingerprint density at radius 1 is 1.28 bits per heavy atom. The number of guanidine groups is 1. The van der Waals surface area contributed by atoms with E-state index >= 15 is 0 Å². The molecule has 1 amide bonds. The number of ether oxygens (including phenoxy) is 1. The maximum atomic E-state index is 13.6. The highest BCUT2D eigenvalue weighted by atomic mass is 19.1. The Kier molecular flexibility index (Phi) is 9.36. The van der Waals surface area contributed by atoms with Crippen molar-refractivity contribution in [1.29, 1.82) is 0 Å². The van der Waals surface area contributed by atoms with E-state index in [1.165, 1.54) is 6.07 Å². The molecule has 1 rings (SSSR count). The van der Waals surface area contributed by atoms with Gasteiger partial charge in [-0.1, -0.05) is 19.1 Å². The summed E-state index contributed by atoms with van der Waals surface area (Å²) < 4.78 is 19.1. The van der Waals surface area contributed by atoms with E-state index in [0.29, 0.717) is 25.5 Å². The number of para-hydroxylation sites is 1. The van der Waals surface area contributed by atoms with Crippen LogP contribution in [0.4, 0.5) is 4.39 Å². The summed E-state index contributed by atoms with van der Waals surface area (Å²) >= 11 is 0. The fourth-order valence-electron chi connectivity index (χ4n) is 2.00. The average Bonchev–Trinajstić information content (AvgIpc) is 2.59. The van der Waals surface area contributed by atoms with Gasteiger partial charge in [0.2, 0.25) is 5.91 Å². The number of carbonyl (C=O) groups excluding carboxylic acids is 1. The highest BCUT2D eigenvalue weighted by molar-refractivity contribution is 5.81. The molecule has 1 aromatic carbocycles. The van der Waals surface area contributed by atoms with E-state index in [1.54, 1.807) is 25.2 Å². The molecule has 1 aromatic rings. The standard InChI is InChI=1S/C18H29FN4O2/c1-5-13(2)23-17(24)10-11-21-18(20-4)22-12-14(3)25-16-9-7-6-8-15(16)19/h6-9,13-14H,5,10-12H2,1-4H3,(H,23,24)(H2,20,21,22). The first-order valence-electron chi connectivity index (χ1n) is 8.61. The molecule has 0 spiro atoms. The van der Waals surface area contributed by atoms with Crippen LogP contribution in [0, 0.1) is 5.82 Å². The van der Waals surface area contributed by atoms with E-state index in [2.05, 4.69) is 20.9 Å². The summed E-state index contributed by atoms with van der Waals surface area (Å²) in [7, 11) is 1.65. The quantitative estimate of drug-likeness (QED) is 0.470. The van der Waals surface area contributed by atoms with Gasteiger partial charge < -0.3 is 20.7 Å². The van der Waals surface area contributed by atoms with Crippen molar-refractivity contribution in [3.8, 4) is 5.75 Å². The number of rotatable bonds is 9. The first kappa shape index (κ1) is 20.7. The van der Waals surface area contributed by atoms with Gasteiger partial charge in [0.1, 0.15) is 6.10 Å². The smallest absolute Gasteiger partial charge is 0.221 e. The van der Waals surface area contributed by atoms with Crippen LogP contribution in [0.5, 0.6) is 5.75 Å². The minimum Gasteiger partial charge on any atom is -0.486 e. The second-order valence-electron chi connectivity index (χ2n) is 5.87. The molecular weight excluding hydrogens is 323 g/mol. The van der Waals surface area contributed by atoms with Gasteiger partial charge in [-0.05, 0) is 32.4 Å². The van der Waals surface area contributed by atoms with Crippen LogP contribution in [0.2, 0.25) is 0 Å². The van der Waals surface area contributed by atoms with Crippen LogP contribution in [0.15, 0.2) is 29.3 Å². The normalized spacial score (nSPS) is 13.7. The monoisotopic (exact) mass is 352 g/mol. The van der Waals surface area contributed by atoms with E-state index in [-0.39, 0.29) is 29.6 Å². The lowest BCUT2D eigenvalue weighted by Gasteiger charge is -2.18. The zero-order valence-corrected chi connectivity index (χ0v) is 15.4. The Balaban J connectivity index is 2.29. The third kappa shape index (κ3) is 8.37. The van der Waals surface area contributed by atoms with Gasteiger partial charge in [-0.2, -0.15) is 0 Å². The highest BCUT2D eigenvalue weighted by Crippen LogP contribution is 2.16. The van der Waals surface area contributed by atoms with Crippen molar-refractivity contribution >= 4 is 11.9 Å². The van der Waals surface area contributed by atoms with E-state index in [0.717, 1.165) is 6.42 Å². The minimum atomic E-state index is -0.385. The number of benzene rings is 1. The Hall–Kier alpha value is -2.31. The van der Waals surface area contributed by atoms with Crippen molar-refractivity contribution in [2.75, 3.05) is 20.1 Å². The summed E-state index contributed by atoms with van der Waals surface area (Å²) in [6, 6.07) is 6.48. The van der Waals surface area contributed by atoms with Gasteiger partial charge in [-0.25, -0.2) is 4.39 Å². The summed E-state index contributed by atoms with van der Waals surface area (Å²) in [5, 5.41) is 9.07. The van der Waals surface area contributed by atoms with Gasteiger partial charge in [0.25, 0.3) is 0 Å². The number of halogens is 1. The molecule has 0 aliphatic heterocycles. The number of aliphatic imine (C=N–C) groups is 1. The van der Waals surface area contributed by atoms with Crippen molar-refractivity contribution in [3.05, 3.63) is 30.1 Å². The molecule has 0 radical (unpaired) electrons. The van der Waals surface area contributed by atoms with Gasteiger partial charge in [-0.3, -0.25) is 9.79 Å². The van der Waals surface area contributed by atoms with Gasteiger partial charge in [0.05, 0.1) is 6.54 Å². The molecule has 0 aromatic heterocycles.